The van der Waals surface area contributed by atoms with Gasteiger partial charge in [0.15, 0.2) is 0 Å². The van der Waals surface area contributed by atoms with Gasteiger partial charge in [-0.3, -0.25) is 4.90 Å². The lowest BCUT2D eigenvalue weighted by Crippen LogP contribution is -2.51. The topological polar surface area (TPSA) is 32.5 Å². The molecule has 0 aromatic heterocycles. The molecule has 1 saturated heterocycles. The van der Waals surface area contributed by atoms with Crippen LogP contribution in [0, 0.1) is 5.92 Å². The Morgan fingerprint density at radius 2 is 2.06 bits per heavy atom. The highest BCUT2D eigenvalue weighted by molar-refractivity contribution is 4.88. The smallest absolute Gasteiger partial charge is 0.0153 e. The highest BCUT2D eigenvalue weighted by Gasteiger charge is 2.33. The van der Waals surface area contributed by atoms with E-state index in [1.165, 1.54) is 45.3 Å². The first kappa shape index (κ1) is 14.9. The van der Waals surface area contributed by atoms with E-state index in [2.05, 4.69) is 37.7 Å². The molecule has 0 bridgehead atoms. The van der Waals surface area contributed by atoms with Crippen molar-refractivity contribution in [2.45, 2.75) is 45.1 Å². The molecular formula is C14H31N3. The molecule has 1 fully saturated rings. The van der Waals surface area contributed by atoms with Crippen LogP contribution in [0.1, 0.15) is 39.5 Å². The van der Waals surface area contributed by atoms with Crippen molar-refractivity contribution in [3.8, 4) is 0 Å². The molecule has 2 N–H and O–H groups in total. The van der Waals surface area contributed by atoms with Gasteiger partial charge in [0.2, 0.25) is 0 Å². The molecule has 0 saturated carbocycles. The monoisotopic (exact) mass is 241 g/mol. The number of hydrogen-bond acceptors (Lipinski definition) is 3. The zero-order chi connectivity index (χ0) is 12.9. The maximum Gasteiger partial charge on any atom is 0.0153 e. The Kier molecular flexibility index (Phi) is 5.90. The fourth-order valence-corrected chi connectivity index (χ4v) is 2.81. The van der Waals surface area contributed by atoms with Crippen molar-refractivity contribution < 1.29 is 0 Å². The largest absolute Gasteiger partial charge is 0.330 e. The van der Waals surface area contributed by atoms with E-state index in [0.717, 1.165) is 12.5 Å². The second-order valence-electron chi connectivity index (χ2n) is 6.40. The summed E-state index contributed by atoms with van der Waals surface area (Å²) in [5, 5.41) is 0. The molecule has 1 aliphatic rings. The van der Waals surface area contributed by atoms with E-state index in [-0.39, 0.29) is 0 Å². The highest BCUT2D eigenvalue weighted by Crippen LogP contribution is 2.31. The number of piperidine rings is 1. The molecule has 3 heteroatoms. The molecule has 0 amide bonds. The van der Waals surface area contributed by atoms with Gasteiger partial charge < -0.3 is 10.6 Å². The van der Waals surface area contributed by atoms with Gasteiger partial charge in [0.05, 0.1) is 0 Å². The molecule has 1 unspecified atom stereocenters. The van der Waals surface area contributed by atoms with E-state index in [4.69, 9.17) is 5.73 Å². The third-order valence-corrected chi connectivity index (χ3v) is 4.11. The SMILES string of the molecule is CN(C)CCCN1CC(CCN)CCC1(C)C. The number of nitrogens with zero attached hydrogens (tertiary/aromatic N) is 2. The Morgan fingerprint density at radius 3 is 2.65 bits per heavy atom. The predicted molar refractivity (Wildman–Crippen MR) is 75.2 cm³/mol. The van der Waals surface area contributed by atoms with Crippen molar-refractivity contribution in [3.63, 3.8) is 0 Å². The predicted octanol–water partition coefficient (Wildman–Crippen LogP) is 1.78. The van der Waals surface area contributed by atoms with Crippen LogP contribution in [0.25, 0.3) is 0 Å². The van der Waals surface area contributed by atoms with Crippen molar-refractivity contribution in [1.29, 1.82) is 0 Å². The molecule has 0 aromatic carbocycles. The lowest BCUT2D eigenvalue weighted by atomic mass is 9.83. The van der Waals surface area contributed by atoms with Crippen LogP contribution >= 0.6 is 0 Å². The van der Waals surface area contributed by atoms with Gasteiger partial charge in [-0.05, 0) is 79.2 Å². The first-order valence-electron chi connectivity index (χ1n) is 7.05. The molecule has 0 aliphatic carbocycles. The molecule has 0 radical (unpaired) electrons. The van der Waals surface area contributed by atoms with Gasteiger partial charge in [-0.25, -0.2) is 0 Å². The van der Waals surface area contributed by atoms with Crippen molar-refractivity contribution >= 4 is 0 Å². The molecule has 1 heterocycles. The van der Waals surface area contributed by atoms with E-state index >= 15 is 0 Å². The minimum Gasteiger partial charge on any atom is -0.330 e. The number of hydrogen-bond donors (Lipinski definition) is 1. The lowest BCUT2D eigenvalue weighted by molar-refractivity contribution is 0.0409. The van der Waals surface area contributed by atoms with Crippen molar-refractivity contribution in [3.05, 3.63) is 0 Å². The summed E-state index contributed by atoms with van der Waals surface area (Å²) in [5.74, 6) is 0.826. The summed E-state index contributed by atoms with van der Waals surface area (Å²) in [5.41, 5.74) is 6.07. The summed E-state index contributed by atoms with van der Waals surface area (Å²) in [6.45, 7) is 9.29. The average molecular weight is 241 g/mol. The number of likely N-dealkylation sites (tertiary alicyclic amines) is 1. The van der Waals surface area contributed by atoms with Crippen LogP contribution in [0.5, 0.6) is 0 Å². The maximum atomic E-state index is 5.69. The summed E-state index contributed by atoms with van der Waals surface area (Å²) < 4.78 is 0. The van der Waals surface area contributed by atoms with Gasteiger partial charge in [-0.15, -0.1) is 0 Å². The minimum absolute atomic E-state index is 0.386. The molecular weight excluding hydrogens is 210 g/mol. The second-order valence-corrected chi connectivity index (χ2v) is 6.40. The summed E-state index contributed by atoms with van der Waals surface area (Å²) in [7, 11) is 4.30. The van der Waals surface area contributed by atoms with Crippen LogP contribution in [-0.4, -0.2) is 55.6 Å². The van der Waals surface area contributed by atoms with Crippen LogP contribution < -0.4 is 5.73 Å². The average Bonchev–Trinajstić information content (AvgIpc) is 2.22. The van der Waals surface area contributed by atoms with E-state index in [1.54, 1.807) is 0 Å². The van der Waals surface area contributed by atoms with Crippen LogP contribution in [0.2, 0.25) is 0 Å². The maximum absolute atomic E-state index is 5.69. The Balaban J connectivity index is 2.41. The highest BCUT2D eigenvalue weighted by atomic mass is 15.2. The van der Waals surface area contributed by atoms with E-state index in [9.17, 15) is 0 Å². The Morgan fingerprint density at radius 1 is 1.35 bits per heavy atom. The molecule has 102 valence electrons. The van der Waals surface area contributed by atoms with Gasteiger partial charge in [0.25, 0.3) is 0 Å². The third-order valence-electron chi connectivity index (χ3n) is 4.11. The normalized spacial score (nSPS) is 25.4. The first-order chi connectivity index (χ1) is 7.95. The second kappa shape index (κ2) is 6.72. The third kappa shape index (κ3) is 4.94. The quantitative estimate of drug-likeness (QED) is 0.769. The molecule has 1 rings (SSSR count). The number of nitrogens with two attached hydrogens (primary N) is 1. The van der Waals surface area contributed by atoms with Gasteiger partial charge in [-0.1, -0.05) is 0 Å². The Bertz CT molecular complexity index is 214. The Hall–Kier alpha value is -0.120. The van der Waals surface area contributed by atoms with E-state index in [1.807, 2.05) is 0 Å². The van der Waals surface area contributed by atoms with E-state index < -0.39 is 0 Å². The zero-order valence-electron chi connectivity index (χ0n) is 12.2. The molecule has 0 spiro atoms. The fraction of sp³-hybridized carbons (Fsp3) is 1.00. The van der Waals surface area contributed by atoms with Crippen molar-refractivity contribution in [2.75, 3.05) is 40.3 Å². The molecule has 1 aliphatic heterocycles. The van der Waals surface area contributed by atoms with E-state index in [0.29, 0.717) is 5.54 Å². The summed E-state index contributed by atoms with van der Waals surface area (Å²) in [4.78, 5) is 4.95. The molecule has 17 heavy (non-hydrogen) atoms. The van der Waals surface area contributed by atoms with Crippen LogP contribution in [0.3, 0.4) is 0 Å². The van der Waals surface area contributed by atoms with Crippen LogP contribution in [0.15, 0.2) is 0 Å². The first-order valence-corrected chi connectivity index (χ1v) is 7.05. The van der Waals surface area contributed by atoms with Crippen molar-refractivity contribution in [2.24, 2.45) is 11.7 Å². The van der Waals surface area contributed by atoms with Gasteiger partial charge >= 0.3 is 0 Å². The van der Waals surface area contributed by atoms with Gasteiger partial charge in [-0.2, -0.15) is 0 Å². The minimum atomic E-state index is 0.386. The standard InChI is InChI=1S/C14H31N3/c1-14(2)8-6-13(7-9-15)12-17(14)11-5-10-16(3)4/h13H,5-12,15H2,1-4H3. The zero-order valence-corrected chi connectivity index (χ0v) is 12.2. The Labute approximate surface area is 107 Å². The summed E-state index contributed by atoms with van der Waals surface area (Å²) in [6.07, 6.45) is 5.14. The lowest BCUT2D eigenvalue weighted by Gasteiger charge is -2.46. The van der Waals surface area contributed by atoms with Gasteiger partial charge in [0.1, 0.15) is 0 Å². The van der Waals surface area contributed by atoms with Crippen molar-refractivity contribution in [1.82, 2.24) is 9.80 Å². The fourth-order valence-electron chi connectivity index (χ4n) is 2.81. The van der Waals surface area contributed by atoms with Crippen LogP contribution in [0.4, 0.5) is 0 Å². The number of rotatable bonds is 6. The van der Waals surface area contributed by atoms with Crippen LogP contribution in [-0.2, 0) is 0 Å². The van der Waals surface area contributed by atoms with Gasteiger partial charge in [0, 0.05) is 12.1 Å². The molecule has 1 atom stereocenters. The molecule has 3 nitrogen and oxygen atoms in total. The summed E-state index contributed by atoms with van der Waals surface area (Å²) >= 11 is 0. The molecule has 0 aromatic rings. The summed E-state index contributed by atoms with van der Waals surface area (Å²) in [6, 6.07) is 0.